The van der Waals surface area contributed by atoms with Gasteiger partial charge in [0.15, 0.2) is 0 Å². The molecule has 0 saturated carbocycles. The third-order valence-corrected chi connectivity index (χ3v) is 3.29. The van der Waals surface area contributed by atoms with Crippen molar-refractivity contribution in [3.63, 3.8) is 0 Å². The summed E-state index contributed by atoms with van der Waals surface area (Å²) in [5.74, 6) is 0. The standard InChI is InChI=1S/C14H19NO/c1-10(2)15-11(3)8-13-9-12(6-7-16)4-5-14(13)15/h4-5,7,9-11H,6,8H2,1-3H3. The number of hydrogen-bond acceptors (Lipinski definition) is 2. The van der Waals surface area contributed by atoms with Crippen molar-refractivity contribution in [3.05, 3.63) is 29.3 Å². The highest BCUT2D eigenvalue weighted by atomic mass is 16.1. The van der Waals surface area contributed by atoms with E-state index >= 15 is 0 Å². The number of carbonyl (C=O) groups excluding carboxylic acids is 1. The third-order valence-electron chi connectivity index (χ3n) is 3.29. The molecule has 0 N–H and O–H groups in total. The molecule has 2 heteroatoms. The molecule has 0 aromatic heterocycles. The fourth-order valence-electron chi connectivity index (χ4n) is 2.72. The van der Waals surface area contributed by atoms with Crippen molar-refractivity contribution < 1.29 is 4.79 Å². The van der Waals surface area contributed by atoms with Gasteiger partial charge in [-0.05, 0) is 44.4 Å². The molecule has 0 spiro atoms. The highest BCUT2D eigenvalue weighted by Gasteiger charge is 2.27. The largest absolute Gasteiger partial charge is 0.366 e. The molecule has 86 valence electrons. The Bertz CT molecular complexity index is 398. The number of fused-ring (bicyclic) bond motifs is 1. The van der Waals surface area contributed by atoms with E-state index < -0.39 is 0 Å². The molecule has 0 saturated heterocycles. The number of rotatable bonds is 3. The minimum absolute atomic E-state index is 0.531. The topological polar surface area (TPSA) is 20.3 Å². The summed E-state index contributed by atoms with van der Waals surface area (Å²) in [6, 6.07) is 7.52. The summed E-state index contributed by atoms with van der Waals surface area (Å²) >= 11 is 0. The zero-order chi connectivity index (χ0) is 11.7. The van der Waals surface area contributed by atoms with Crippen LogP contribution >= 0.6 is 0 Å². The van der Waals surface area contributed by atoms with Crippen LogP contribution in [0.5, 0.6) is 0 Å². The van der Waals surface area contributed by atoms with Crippen LogP contribution in [-0.2, 0) is 17.6 Å². The second-order valence-corrected chi connectivity index (χ2v) is 4.89. The van der Waals surface area contributed by atoms with Gasteiger partial charge in [0.2, 0.25) is 0 Å². The molecule has 0 fully saturated rings. The number of hydrogen-bond donors (Lipinski definition) is 0. The molecule has 2 nitrogen and oxygen atoms in total. The summed E-state index contributed by atoms with van der Waals surface area (Å²) in [7, 11) is 0. The summed E-state index contributed by atoms with van der Waals surface area (Å²) in [6.07, 6.45) is 2.60. The molecule has 1 aromatic rings. The first-order chi connectivity index (χ1) is 7.63. The Hall–Kier alpha value is -1.31. The molecule has 0 aliphatic carbocycles. The predicted octanol–water partition coefficient (Wildman–Crippen LogP) is 2.59. The SMILES string of the molecule is CC(C)N1c2ccc(CC=O)cc2CC1C. The maximum absolute atomic E-state index is 10.5. The summed E-state index contributed by atoms with van der Waals surface area (Å²) < 4.78 is 0. The van der Waals surface area contributed by atoms with Crippen LogP contribution in [0.15, 0.2) is 18.2 Å². The number of aldehydes is 1. The summed E-state index contributed by atoms with van der Waals surface area (Å²) in [6.45, 7) is 6.72. The maximum atomic E-state index is 10.5. The maximum Gasteiger partial charge on any atom is 0.124 e. The van der Waals surface area contributed by atoms with Gasteiger partial charge in [-0.2, -0.15) is 0 Å². The van der Waals surface area contributed by atoms with Gasteiger partial charge in [0, 0.05) is 24.2 Å². The van der Waals surface area contributed by atoms with Crippen molar-refractivity contribution in [3.8, 4) is 0 Å². The fraction of sp³-hybridized carbons (Fsp3) is 0.500. The quantitative estimate of drug-likeness (QED) is 0.725. The predicted molar refractivity (Wildman–Crippen MR) is 67.0 cm³/mol. The van der Waals surface area contributed by atoms with Crippen molar-refractivity contribution in [1.82, 2.24) is 0 Å². The van der Waals surface area contributed by atoms with Crippen molar-refractivity contribution >= 4 is 12.0 Å². The minimum Gasteiger partial charge on any atom is -0.366 e. The Morgan fingerprint density at radius 1 is 1.50 bits per heavy atom. The van der Waals surface area contributed by atoms with Gasteiger partial charge >= 0.3 is 0 Å². The lowest BCUT2D eigenvalue weighted by molar-refractivity contribution is -0.107. The molecule has 0 amide bonds. The highest BCUT2D eigenvalue weighted by Crippen LogP contribution is 2.34. The monoisotopic (exact) mass is 217 g/mol. The Labute approximate surface area is 97.3 Å². The summed E-state index contributed by atoms with van der Waals surface area (Å²) in [5.41, 5.74) is 3.87. The molecule has 2 rings (SSSR count). The van der Waals surface area contributed by atoms with E-state index in [-0.39, 0.29) is 0 Å². The van der Waals surface area contributed by atoms with Gasteiger partial charge in [-0.1, -0.05) is 12.1 Å². The van der Waals surface area contributed by atoms with E-state index in [0.717, 1.165) is 18.3 Å². The van der Waals surface area contributed by atoms with E-state index in [1.54, 1.807) is 0 Å². The van der Waals surface area contributed by atoms with Crippen molar-refractivity contribution in [1.29, 1.82) is 0 Å². The van der Waals surface area contributed by atoms with Crippen LogP contribution in [0.3, 0.4) is 0 Å². The molecule has 1 atom stereocenters. The highest BCUT2D eigenvalue weighted by molar-refractivity contribution is 5.63. The second kappa shape index (κ2) is 4.28. The molecule has 0 bridgehead atoms. The summed E-state index contributed by atoms with van der Waals surface area (Å²) in [4.78, 5) is 13.0. The lowest BCUT2D eigenvalue weighted by Gasteiger charge is -2.29. The fourth-order valence-corrected chi connectivity index (χ4v) is 2.72. The molecule has 16 heavy (non-hydrogen) atoms. The first-order valence-electron chi connectivity index (χ1n) is 5.97. The van der Waals surface area contributed by atoms with Gasteiger partial charge in [-0.15, -0.1) is 0 Å². The molecule has 1 aromatic carbocycles. The lowest BCUT2D eigenvalue weighted by Crippen LogP contribution is -2.35. The molecule has 1 aliphatic rings. The first-order valence-corrected chi connectivity index (χ1v) is 5.97. The van der Waals surface area contributed by atoms with Crippen LogP contribution in [0.25, 0.3) is 0 Å². The van der Waals surface area contributed by atoms with E-state index in [1.807, 2.05) is 0 Å². The van der Waals surface area contributed by atoms with Crippen LogP contribution in [0.1, 0.15) is 31.9 Å². The molecule has 1 heterocycles. The Morgan fingerprint density at radius 2 is 2.25 bits per heavy atom. The number of carbonyl (C=O) groups is 1. The average molecular weight is 217 g/mol. The Balaban J connectivity index is 2.34. The molecule has 0 radical (unpaired) electrons. The van der Waals surface area contributed by atoms with E-state index in [9.17, 15) is 4.79 Å². The average Bonchev–Trinajstić information content (AvgIpc) is 2.53. The van der Waals surface area contributed by atoms with Gasteiger partial charge in [-0.3, -0.25) is 0 Å². The Kier molecular flexibility index (Phi) is 2.99. The van der Waals surface area contributed by atoms with E-state index in [1.165, 1.54) is 11.3 Å². The lowest BCUT2D eigenvalue weighted by atomic mass is 10.1. The van der Waals surface area contributed by atoms with Crippen LogP contribution in [0.2, 0.25) is 0 Å². The van der Waals surface area contributed by atoms with Crippen molar-refractivity contribution in [2.24, 2.45) is 0 Å². The summed E-state index contributed by atoms with van der Waals surface area (Å²) in [5, 5.41) is 0. The zero-order valence-electron chi connectivity index (χ0n) is 10.2. The normalized spacial score (nSPS) is 19.0. The van der Waals surface area contributed by atoms with E-state index in [0.29, 0.717) is 18.5 Å². The van der Waals surface area contributed by atoms with Gasteiger partial charge in [0.25, 0.3) is 0 Å². The smallest absolute Gasteiger partial charge is 0.124 e. The van der Waals surface area contributed by atoms with Crippen LogP contribution in [0.4, 0.5) is 5.69 Å². The van der Waals surface area contributed by atoms with Gasteiger partial charge in [0.1, 0.15) is 6.29 Å². The number of nitrogens with zero attached hydrogens (tertiary/aromatic N) is 1. The van der Waals surface area contributed by atoms with E-state index in [2.05, 4.69) is 43.9 Å². The molecular weight excluding hydrogens is 198 g/mol. The molecule has 1 aliphatic heterocycles. The van der Waals surface area contributed by atoms with E-state index in [4.69, 9.17) is 0 Å². The van der Waals surface area contributed by atoms with Gasteiger partial charge in [0.05, 0.1) is 0 Å². The van der Waals surface area contributed by atoms with Gasteiger partial charge < -0.3 is 9.69 Å². The van der Waals surface area contributed by atoms with Crippen LogP contribution in [0, 0.1) is 0 Å². The molecular formula is C14H19NO. The Morgan fingerprint density at radius 3 is 2.88 bits per heavy atom. The first kappa shape index (κ1) is 11.2. The zero-order valence-corrected chi connectivity index (χ0v) is 10.2. The van der Waals surface area contributed by atoms with Gasteiger partial charge in [-0.25, -0.2) is 0 Å². The minimum atomic E-state index is 0.531. The second-order valence-electron chi connectivity index (χ2n) is 4.89. The van der Waals surface area contributed by atoms with Crippen LogP contribution in [-0.4, -0.2) is 18.4 Å². The third kappa shape index (κ3) is 1.84. The molecule has 1 unspecified atom stereocenters. The van der Waals surface area contributed by atoms with Crippen molar-refractivity contribution in [2.75, 3.05) is 4.90 Å². The van der Waals surface area contributed by atoms with Crippen molar-refractivity contribution in [2.45, 2.75) is 45.7 Å². The number of benzene rings is 1. The number of anilines is 1. The van der Waals surface area contributed by atoms with Crippen LogP contribution < -0.4 is 4.90 Å².